The lowest BCUT2D eigenvalue weighted by Gasteiger charge is -2.23. The van der Waals surface area contributed by atoms with Gasteiger partial charge in [-0.1, -0.05) is 62.1 Å². The normalized spacial score (nSPS) is 11.4. The molecule has 0 spiro atoms. The van der Waals surface area contributed by atoms with Gasteiger partial charge in [-0.15, -0.1) is 6.58 Å². The van der Waals surface area contributed by atoms with E-state index >= 15 is 0 Å². The summed E-state index contributed by atoms with van der Waals surface area (Å²) in [6, 6.07) is 16.6. The molecular formula is C31H41NO2. The summed E-state index contributed by atoms with van der Waals surface area (Å²) < 4.78 is 11.1. The molecule has 0 aliphatic heterocycles. The number of hydrogen-bond donors (Lipinski definition) is 1. The van der Waals surface area contributed by atoms with Crippen molar-refractivity contribution >= 4 is 0 Å². The average Bonchev–Trinajstić information content (AvgIpc) is 2.83. The van der Waals surface area contributed by atoms with Crippen LogP contribution in [-0.4, -0.2) is 13.2 Å². The maximum Gasteiger partial charge on any atom is 0.126 e. The molecule has 182 valence electrons. The van der Waals surface area contributed by atoms with Gasteiger partial charge in [0.1, 0.15) is 11.5 Å². The summed E-state index contributed by atoms with van der Waals surface area (Å²) in [4.78, 5) is 0. The maximum absolute atomic E-state index is 5.90. The SMILES string of the molecule is C=C(C)CCCC(=C)Oc1ccc(CC(NC(=C)CCc2ccc(OC)cc2)C(=C)CC)cc1. The molecule has 2 rings (SSSR count). The number of benzene rings is 2. The second kappa shape index (κ2) is 14.1. The van der Waals surface area contributed by atoms with Gasteiger partial charge in [-0.25, -0.2) is 0 Å². The van der Waals surface area contributed by atoms with E-state index in [2.05, 4.69) is 62.8 Å². The van der Waals surface area contributed by atoms with Crippen LogP contribution < -0.4 is 14.8 Å². The fraction of sp³-hybridized carbons (Fsp3) is 0.355. The molecule has 1 unspecified atom stereocenters. The number of nitrogens with one attached hydrogen (secondary N) is 1. The molecule has 34 heavy (non-hydrogen) atoms. The Morgan fingerprint density at radius 3 is 2.06 bits per heavy atom. The Morgan fingerprint density at radius 2 is 1.47 bits per heavy atom. The Bertz CT molecular complexity index is 954. The molecule has 0 bridgehead atoms. The first-order valence-electron chi connectivity index (χ1n) is 12.1. The van der Waals surface area contributed by atoms with Crippen LogP contribution in [0.5, 0.6) is 11.5 Å². The maximum atomic E-state index is 5.90. The van der Waals surface area contributed by atoms with E-state index in [0.29, 0.717) is 0 Å². The van der Waals surface area contributed by atoms with Crippen LogP contribution in [0.1, 0.15) is 57.1 Å². The molecule has 0 fully saturated rings. The number of rotatable bonds is 16. The Balaban J connectivity index is 1.88. The molecule has 0 aliphatic carbocycles. The van der Waals surface area contributed by atoms with Gasteiger partial charge in [0.15, 0.2) is 0 Å². The molecule has 0 radical (unpaired) electrons. The van der Waals surface area contributed by atoms with Gasteiger partial charge in [0, 0.05) is 12.1 Å². The number of methoxy groups -OCH3 is 1. The van der Waals surface area contributed by atoms with Gasteiger partial charge >= 0.3 is 0 Å². The van der Waals surface area contributed by atoms with Crippen LogP contribution in [0.4, 0.5) is 0 Å². The van der Waals surface area contributed by atoms with Crippen molar-refractivity contribution in [3.05, 3.63) is 109 Å². The Morgan fingerprint density at radius 1 is 0.853 bits per heavy atom. The molecule has 0 aliphatic rings. The predicted molar refractivity (Wildman–Crippen MR) is 145 cm³/mol. The Hall–Kier alpha value is -3.20. The molecule has 3 heteroatoms. The zero-order valence-electron chi connectivity index (χ0n) is 21.3. The highest BCUT2D eigenvalue weighted by molar-refractivity contribution is 5.31. The van der Waals surface area contributed by atoms with Crippen molar-refractivity contribution in [2.24, 2.45) is 0 Å². The highest BCUT2D eigenvalue weighted by Gasteiger charge is 2.13. The molecule has 0 heterocycles. The molecule has 2 aromatic carbocycles. The van der Waals surface area contributed by atoms with Crippen molar-refractivity contribution < 1.29 is 9.47 Å². The number of allylic oxidation sites excluding steroid dienone is 3. The van der Waals surface area contributed by atoms with Gasteiger partial charge in [0.2, 0.25) is 0 Å². The summed E-state index contributed by atoms with van der Waals surface area (Å²) in [5.41, 5.74) is 5.90. The van der Waals surface area contributed by atoms with Gasteiger partial charge in [-0.05, 0) is 80.8 Å². The molecule has 1 N–H and O–H groups in total. The van der Waals surface area contributed by atoms with Crippen molar-refractivity contribution in [3.63, 3.8) is 0 Å². The van der Waals surface area contributed by atoms with Crippen LogP contribution >= 0.6 is 0 Å². The molecule has 0 aromatic heterocycles. The standard InChI is InChI=1S/C31H41NO2/c1-8-24(4)31(32-25(5)12-13-27-14-18-29(33-7)19-15-27)22-28-16-20-30(21-17-28)34-26(6)11-9-10-23(2)3/h14-21,31-32H,2,4-6,8-13,22H2,1,3,7H3. The summed E-state index contributed by atoms with van der Waals surface area (Å²) in [6.45, 7) is 20.8. The van der Waals surface area contributed by atoms with E-state index in [0.717, 1.165) is 67.9 Å². The van der Waals surface area contributed by atoms with Crippen molar-refractivity contribution in [1.29, 1.82) is 0 Å². The lowest BCUT2D eigenvalue weighted by Crippen LogP contribution is -2.32. The molecular weight excluding hydrogens is 418 g/mol. The van der Waals surface area contributed by atoms with E-state index in [-0.39, 0.29) is 6.04 Å². The molecule has 3 nitrogen and oxygen atoms in total. The second-order valence-electron chi connectivity index (χ2n) is 8.96. The van der Waals surface area contributed by atoms with Gasteiger partial charge in [-0.2, -0.15) is 0 Å². The van der Waals surface area contributed by atoms with Gasteiger partial charge < -0.3 is 14.8 Å². The van der Waals surface area contributed by atoms with Crippen molar-refractivity contribution in [2.45, 2.75) is 64.8 Å². The molecule has 0 amide bonds. The topological polar surface area (TPSA) is 30.5 Å². The summed E-state index contributed by atoms with van der Waals surface area (Å²) in [5, 5.41) is 3.62. The zero-order chi connectivity index (χ0) is 24.9. The molecule has 0 saturated heterocycles. The lowest BCUT2D eigenvalue weighted by molar-refractivity contribution is 0.401. The molecule has 1 atom stereocenters. The third-order valence-electron chi connectivity index (χ3n) is 5.88. The smallest absolute Gasteiger partial charge is 0.126 e. The minimum atomic E-state index is 0.150. The van der Waals surface area contributed by atoms with Crippen LogP contribution in [0, 0.1) is 0 Å². The fourth-order valence-electron chi connectivity index (χ4n) is 3.68. The molecule has 0 saturated carbocycles. The minimum Gasteiger partial charge on any atom is -0.497 e. The third-order valence-corrected chi connectivity index (χ3v) is 5.88. The zero-order valence-corrected chi connectivity index (χ0v) is 21.3. The summed E-state index contributed by atoms with van der Waals surface area (Å²) in [5.74, 6) is 2.50. The first kappa shape index (κ1) is 27.0. The Labute approximate surface area is 206 Å². The second-order valence-corrected chi connectivity index (χ2v) is 8.96. The first-order valence-corrected chi connectivity index (χ1v) is 12.1. The van der Waals surface area contributed by atoms with Crippen LogP contribution in [0.3, 0.4) is 0 Å². The van der Waals surface area contributed by atoms with Gasteiger partial charge in [-0.3, -0.25) is 0 Å². The first-order chi connectivity index (χ1) is 16.3. The largest absolute Gasteiger partial charge is 0.497 e. The minimum absolute atomic E-state index is 0.150. The van der Waals surface area contributed by atoms with E-state index in [1.807, 2.05) is 31.2 Å². The third kappa shape index (κ3) is 9.74. The summed E-state index contributed by atoms with van der Waals surface area (Å²) in [6.07, 6.45) is 6.45. The highest BCUT2D eigenvalue weighted by Crippen LogP contribution is 2.21. The Kier molecular flexibility index (Phi) is 11.3. The predicted octanol–water partition coefficient (Wildman–Crippen LogP) is 7.95. The van der Waals surface area contributed by atoms with E-state index < -0.39 is 0 Å². The van der Waals surface area contributed by atoms with E-state index in [1.54, 1.807) is 7.11 Å². The van der Waals surface area contributed by atoms with Crippen LogP contribution in [0.15, 0.2) is 97.4 Å². The van der Waals surface area contributed by atoms with Gasteiger partial charge in [0.05, 0.1) is 18.9 Å². The van der Waals surface area contributed by atoms with Crippen LogP contribution in [-0.2, 0) is 12.8 Å². The quantitative estimate of drug-likeness (QED) is 0.204. The number of hydrogen-bond acceptors (Lipinski definition) is 3. The van der Waals surface area contributed by atoms with Crippen LogP contribution in [0.2, 0.25) is 0 Å². The van der Waals surface area contributed by atoms with E-state index in [1.165, 1.54) is 22.3 Å². The summed E-state index contributed by atoms with van der Waals surface area (Å²) >= 11 is 0. The van der Waals surface area contributed by atoms with E-state index in [9.17, 15) is 0 Å². The highest BCUT2D eigenvalue weighted by atomic mass is 16.5. The van der Waals surface area contributed by atoms with Crippen molar-refractivity contribution in [2.75, 3.05) is 7.11 Å². The average molecular weight is 460 g/mol. The summed E-state index contributed by atoms with van der Waals surface area (Å²) in [7, 11) is 1.69. The molecule has 2 aromatic rings. The number of aryl methyl sites for hydroxylation is 1. The van der Waals surface area contributed by atoms with E-state index in [4.69, 9.17) is 9.47 Å². The number of ether oxygens (including phenoxy) is 2. The fourth-order valence-corrected chi connectivity index (χ4v) is 3.68. The van der Waals surface area contributed by atoms with Crippen LogP contribution in [0.25, 0.3) is 0 Å². The monoisotopic (exact) mass is 459 g/mol. The lowest BCUT2D eigenvalue weighted by atomic mass is 9.97. The van der Waals surface area contributed by atoms with Gasteiger partial charge in [0.25, 0.3) is 0 Å². The van der Waals surface area contributed by atoms with Crippen molar-refractivity contribution in [1.82, 2.24) is 5.32 Å². The van der Waals surface area contributed by atoms with Crippen molar-refractivity contribution in [3.8, 4) is 11.5 Å².